The molecule has 1 aliphatic rings. The first-order valence-corrected chi connectivity index (χ1v) is 12.3. The fourth-order valence-electron chi connectivity index (χ4n) is 4.43. The summed E-state index contributed by atoms with van der Waals surface area (Å²) in [5.41, 5.74) is 2.00. The molecule has 1 aromatic heterocycles. The van der Waals surface area contributed by atoms with Crippen molar-refractivity contribution >= 4 is 28.6 Å². The van der Waals surface area contributed by atoms with Crippen LogP contribution < -0.4 is 5.56 Å². The van der Waals surface area contributed by atoms with Crippen molar-refractivity contribution in [2.45, 2.75) is 56.5 Å². The highest BCUT2D eigenvalue weighted by molar-refractivity contribution is 8.00. The van der Waals surface area contributed by atoms with Crippen LogP contribution in [-0.2, 0) is 11.2 Å². The summed E-state index contributed by atoms with van der Waals surface area (Å²) in [6.45, 7) is 7.47. The van der Waals surface area contributed by atoms with Gasteiger partial charge >= 0.3 is 0 Å². The van der Waals surface area contributed by atoms with Gasteiger partial charge in [-0.25, -0.2) is 4.98 Å². The Bertz CT molecular complexity index is 1130. The van der Waals surface area contributed by atoms with Crippen LogP contribution in [0.5, 0.6) is 0 Å². The molecule has 1 unspecified atom stereocenters. The molecule has 4 rings (SSSR count). The van der Waals surface area contributed by atoms with Crippen molar-refractivity contribution in [1.29, 1.82) is 0 Å². The van der Waals surface area contributed by atoms with E-state index in [2.05, 4.69) is 24.3 Å². The minimum absolute atomic E-state index is 0.0295. The van der Waals surface area contributed by atoms with E-state index in [1.54, 1.807) is 4.57 Å². The van der Waals surface area contributed by atoms with Crippen molar-refractivity contribution in [2.24, 2.45) is 5.92 Å². The van der Waals surface area contributed by atoms with Crippen LogP contribution in [0.3, 0.4) is 0 Å². The summed E-state index contributed by atoms with van der Waals surface area (Å²) >= 11 is 1.39. The van der Waals surface area contributed by atoms with Crippen molar-refractivity contribution in [2.75, 3.05) is 13.1 Å². The van der Waals surface area contributed by atoms with Crippen molar-refractivity contribution in [3.05, 3.63) is 70.5 Å². The SMILES string of the molecule is CC(Sc1nc2ccccc2c(=O)n1C(C)C)C(=O)N1CCC(Cc2ccccc2)CC1. The van der Waals surface area contributed by atoms with E-state index in [1.807, 2.05) is 56.0 Å². The van der Waals surface area contributed by atoms with Gasteiger partial charge < -0.3 is 4.90 Å². The molecular weight excluding hydrogens is 418 g/mol. The van der Waals surface area contributed by atoms with Crippen molar-refractivity contribution < 1.29 is 4.79 Å². The second-order valence-electron chi connectivity index (χ2n) is 8.90. The average Bonchev–Trinajstić information content (AvgIpc) is 2.79. The summed E-state index contributed by atoms with van der Waals surface area (Å²) in [7, 11) is 0. The predicted molar refractivity (Wildman–Crippen MR) is 131 cm³/mol. The first-order chi connectivity index (χ1) is 15.4. The number of carbonyl (C=O) groups is 1. The van der Waals surface area contributed by atoms with Crippen molar-refractivity contribution in [1.82, 2.24) is 14.5 Å². The van der Waals surface area contributed by atoms with Gasteiger partial charge in [0.2, 0.25) is 5.91 Å². The molecule has 0 spiro atoms. The minimum atomic E-state index is -0.293. The quantitative estimate of drug-likeness (QED) is 0.395. The van der Waals surface area contributed by atoms with Crippen LogP contribution in [0.1, 0.15) is 45.2 Å². The Labute approximate surface area is 193 Å². The second-order valence-corrected chi connectivity index (χ2v) is 10.2. The van der Waals surface area contributed by atoms with Gasteiger partial charge in [-0.15, -0.1) is 0 Å². The van der Waals surface area contributed by atoms with Gasteiger partial charge in [0.15, 0.2) is 5.16 Å². The number of fused-ring (bicyclic) bond motifs is 1. The molecule has 32 heavy (non-hydrogen) atoms. The highest BCUT2D eigenvalue weighted by Crippen LogP contribution is 2.28. The molecule has 1 aliphatic heterocycles. The molecule has 2 aromatic carbocycles. The zero-order valence-corrected chi connectivity index (χ0v) is 19.8. The van der Waals surface area contributed by atoms with Crippen LogP contribution in [0.2, 0.25) is 0 Å². The third-order valence-electron chi connectivity index (χ3n) is 6.22. The van der Waals surface area contributed by atoms with Crippen LogP contribution >= 0.6 is 11.8 Å². The van der Waals surface area contributed by atoms with Gasteiger partial charge in [0.25, 0.3) is 5.56 Å². The molecule has 0 bridgehead atoms. The van der Waals surface area contributed by atoms with E-state index in [9.17, 15) is 9.59 Å². The lowest BCUT2D eigenvalue weighted by molar-refractivity contribution is -0.131. The smallest absolute Gasteiger partial charge is 0.262 e. The normalized spacial score (nSPS) is 15.9. The molecule has 6 heteroatoms. The third-order valence-corrected chi connectivity index (χ3v) is 7.27. The molecule has 0 radical (unpaired) electrons. The lowest BCUT2D eigenvalue weighted by Crippen LogP contribution is -2.42. The number of nitrogens with zero attached hydrogens (tertiary/aromatic N) is 3. The Morgan fingerprint density at radius 2 is 1.69 bits per heavy atom. The first-order valence-electron chi connectivity index (χ1n) is 11.4. The number of para-hydroxylation sites is 1. The summed E-state index contributed by atoms with van der Waals surface area (Å²) in [6.07, 6.45) is 3.14. The van der Waals surface area contributed by atoms with Gasteiger partial charge in [-0.05, 0) is 63.6 Å². The van der Waals surface area contributed by atoms with Gasteiger partial charge in [0.1, 0.15) is 0 Å². The van der Waals surface area contributed by atoms with Gasteiger partial charge in [0.05, 0.1) is 16.2 Å². The molecule has 1 fully saturated rings. The Hall–Kier alpha value is -2.60. The lowest BCUT2D eigenvalue weighted by atomic mass is 9.90. The van der Waals surface area contributed by atoms with E-state index < -0.39 is 0 Å². The number of rotatable bonds is 6. The monoisotopic (exact) mass is 449 g/mol. The van der Waals surface area contributed by atoms with E-state index in [0.29, 0.717) is 22.0 Å². The Balaban J connectivity index is 1.43. The summed E-state index contributed by atoms with van der Waals surface area (Å²) in [5, 5.41) is 0.937. The first kappa shape index (κ1) is 22.6. The molecule has 2 heterocycles. The fraction of sp³-hybridized carbons (Fsp3) is 0.423. The minimum Gasteiger partial charge on any atom is -0.342 e. The molecule has 0 N–H and O–H groups in total. The molecule has 3 aromatic rings. The summed E-state index contributed by atoms with van der Waals surface area (Å²) in [6, 6.07) is 18.0. The van der Waals surface area contributed by atoms with Gasteiger partial charge in [0, 0.05) is 19.1 Å². The zero-order valence-electron chi connectivity index (χ0n) is 19.0. The second kappa shape index (κ2) is 9.90. The Morgan fingerprint density at radius 1 is 1.03 bits per heavy atom. The molecule has 5 nitrogen and oxygen atoms in total. The van der Waals surface area contributed by atoms with E-state index in [4.69, 9.17) is 4.98 Å². The van der Waals surface area contributed by atoms with Gasteiger partial charge in [-0.3, -0.25) is 14.2 Å². The molecule has 0 saturated carbocycles. The van der Waals surface area contributed by atoms with E-state index >= 15 is 0 Å². The van der Waals surface area contributed by atoms with Crippen molar-refractivity contribution in [3.8, 4) is 0 Å². The van der Waals surface area contributed by atoms with Crippen LogP contribution in [0, 0.1) is 5.92 Å². The molecule has 1 saturated heterocycles. The number of thioether (sulfide) groups is 1. The largest absolute Gasteiger partial charge is 0.342 e. The fourth-order valence-corrected chi connectivity index (χ4v) is 5.56. The van der Waals surface area contributed by atoms with E-state index in [-0.39, 0.29) is 22.8 Å². The number of benzene rings is 2. The van der Waals surface area contributed by atoms with Gasteiger partial charge in [-0.1, -0.05) is 54.2 Å². The third kappa shape index (κ3) is 4.90. The topological polar surface area (TPSA) is 55.2 Å². The lowest BCUT2D eigenvalue weighted by Gasteiger charge is -2.33. The number of hydrogen-bond donors (Lipinski definition) is 0. The molecular formula is C26H31N3O2S. The van der Waals surface area contributed by atoms with Gasteiger partial charge in [-0.2, -0.15) is 0 Å². The zero-order chi connectivity index (χ0) is 22.7. The van der Waals surface area contributed by atoms with E-state index in [0.717, 1.165) is 32.4 Å². The maximum atomic E-state index is 13.2. The number of likely N-dealkylation sites (tertiary alicyclic amines) is 1. The number of aromatic nitrogens is 2. The molecule has 168 valence electrons. The summed E-state index contributed by atoms with van der Waals surface area (Å²) in [4.78, 5) is 33.0. The van der Waals surface area contributed by atoms with Crippen LogP contribution in [-0.4, -0.2) is 38.7 Å². The number of hydrogen-bond acceptors (Lipinski definition) is 4. The van der Waals surface area contributed by atoms with Crippen molar-refractivity contribution in [3.63, 3.8) is 0 Å². The highest BCUT2D eigenvalue weighted by Gasteiger charge is 2.28. The number of carbonyl (C=O) groups excluding carboxylic acids is 1. The summed E-state index contributed by atoms with van der Waals surface area (Å²) < 4.78 is 1.71. The van der Waals surface area contributed by atoms with Crippen LogP contribution in [0.25, 0.3) is 10.9 Å². The number of piperidine rings is 1. The standard InChI is InChI=1S/C26H31N3O2S/c1-18(2)29-25(31)22-11-7-8-12-23(22)27-26(29)32-19(3)24(30)28-15-13-21(14-16-28)17-20-9-5-4-6-10-20/h4-12,18-19,21H,13-17H2,1-3H3. The average molecular weight is 450 g/mol. The predicted octanol–water partition coefficient (Wildman–Crippen LogP) is 4.94. The number of amides is 1. The summed E-state index contributed by atoms with van der Waals surface area (Å²) in [5.74, 6) is 0.753. The molecule has 1 amide bonds. The Morgan fingerprint density at radius 3 is 2.38 bits per heavy atom. The van der Waals surface area contributed by atoms with E-state index in [1.165, 1.54) is 17.3 Å². The molecule has 0 aliphatic carbocycles. The maximum Gasteiger partial charge on any atom is 0.262 e. The Kier molecular flexibility index (Phi) is 6.99. The highest BCUT2D eigenvalue weighted by atomic mass is 32.2. The van der Waals surface area contributed by atoms with Crippen LogP contribution in [0.15, 0.2) is 64.5 Å². The van der Waals surface area contributed by atoms with Crippen LogP contribution in [0.4, 0.5) is 0 Å². The maximum absolute atomic E-state index is 13.2. The molecule has 1 atom stereocenters.